The van der Waals surface area contributed by atoms with Gasteiger partial charge in [0.05, 0.1) is 6.61 Å². The van der Waals surface area contributed by atoms with Crippen LogP contribution in [0.2, 0.25) is 0 Å². The van der Waals surface area contributed by atoms with Crippen molar-refractivity contribution in [3.8, 4) is 5.75 Å². The first kappa shape index (κ1) is 28.1. The van der Waals surface area contributed by atoms with E-state index in [9.17, 15) is 20.1 Å². The zero-order chi connectivity index (χ0) is 26.5. The lowest BCUT2D eigenvalue weighted by molar-refractivity contribution is -0.159. The van der Waals surface area contributed by atoms with Gasteiger partial charge in [-0.15, -0.1) is 0 Å². The summed E-state index contributed by atoms with van der Waals surface area (Å²) in [5.41, 5.74) is 2.92. The number of hydrogen-bond acceptors (Lipinski definition) is 6. The van der Waals surface area contributed by atoms with Crippen LogP contribution in [0.3, 0.4) is 0 Å². The smallest absolute Gasteiger partial charge is 0.349 e. The van der Waals surface area contributed by atoms with Crippen molar-refractivity contribution in [1.82, 2.24) is 0 Å². The number of aliphatic hydroxyl groups is 2. The molecule has 0 aromatic heterocycles. The Morgan fingerprint density at radius 3 is 2.33 bits per heavy atom. The summed E-state index contributed by atoms with van der Waals surface area (Å²) >= 11 is 1.26. The third kappa shape index (κ3) is 6.86. The summed E-state index contributed by atoms with van der Waals surface area (Å²) in [5.74, 6) is -0.170. The number of thioether (sulfide) groups is 1. The van der Waals surface area contributed by atoms with E-state index in [-0.39, 0.29) is 28.4 Å². The topological polar surface area (TPSA) is 87.0 Å². The van der Waals surface area contributed by atoms with Gasteiger partial charge < -0.3 is 20.1 Å². The minimum Gasteiger partial charge on any atom is -0.511 e. The predicted molar refractivity (Wildman–Crippen MR) is 145 cm³/mol. The number of benzene rings is 2. The lowest BCUT2D eigenvalue weighted by atomic mass is 9.84. The summed E-state index contributed by atoms with van der Waals surface area (Å²) in [6, 6.07) is 11.1. The fraction of sp³-hybridized carbons (Fsp3) is 0.500. The zero-order valence-corrected chi connectivity index (χ0v) is 23.0. The van der Waals surface area contributed by atoms with E-state index in [1.54, 1.807) is 12.1 Å². The molecular formula is C30H40O5S. The molecule has 1 aliphatic heterocycles. The van der Waals surface area contributed by atoms with E-state index in [0.717, 1.165) is 46.4 Å². The SMILES string of the molecule is CCCCC[C@@]1(CCc2ccc(O)cc2)CC(O)=C(Sc2cc(C)c(CO)cc2C(C)(C)C)C(=O)O1. The van der Waals surface area contributed by atoms with Gasteiger partial charge in [-0.1, -0.05) is 70.5 Å². The number of aryl methyl sites for hydroxylation is 2. The molecule has 0 bridgehead atoms. The van der Waals surface area contributed by atoms with Crippen molar-refractivity contribution < 1.29 is 24.9 Å². The molecule has 2 aromatic carbocycles. The zero-order valence-electron chi connectivity index (χ0n) is 22.2. The van der Waals surface area contributed by atoms with Crippen molar-refractivity contribution in [2.24, 2.45) is 0 Å². The Morgan fingerprint density at radius 2 is 1.75 bits per heavy atom. The minimum absolute atomic E-state index is 0.0445. The molecular weight excluding hydrogens is 472 g/mol. The molecule has 1 atom stereocenters. The second-order valence-corrected chi connectivity index (χ2v) is 12.0. The predicted octanol–water partition coefficient (Wildman–Crippen LogP) is 7.25. The quantitative estimate of drug-likeness (QED) is 0.230. The summed E-state index contributed by atoms with van der Waals surface area (Å²) in [7, 11) is 0. The number of unbranched alkanes of at least 4 members (excludes halogenated alkanes) is 2. The summed E-state index contributed by atoms with van der Waals surface area (Å²) in [6.45, 7) is 10.3. The largest absolute Gasteiger partial charge is 0.511 e. The van der Waals surface area contributed by atoms with Crippen LogP contribution in [0.15, 0.2) is 52.0 Å². The summed E-state index contributed by atoms with van der Waals surface area (Å²) < 4.78 is 6.15. The number of rotatable bonds is 10. The molecule has 0 amide bonds. The number of hydrogen-bond donors (Lipinski definition) is 3. The fourth-order valence-corrected chi connectivity index (χ4v) is 5.94. The molecule has 1 heterocycles. The van der Waals surface area contributed by atoms with Crippen LogP contribution in [0, 0.1) is 6.92 Å². The number of phenols is 1. The molecule has 36 heavy (non-hydrogen) atoms. The first-order valence-electron chi connectivity index (χ1n) is 12.8. The van der Waals surface area contributed by atoms with E-state index in [1.165, 1.54) is 11.8 Å². The van der Waals surface area contributed by atoms with E-state index < -0.39 is 11.6 Å². The molecule has 0 unspecified atom stereocenters. The monoisotopic (exact) mass is 512 g/mol. The Hall–Kier alpha value is -2.44. The van der Waals surface area contributed by atoms with Gasteiger partial charge in [-0.25, -0.2) is 4.79 Å². The highest BCUT2D eigenvalue weighted by Gasteiger charge is 2.42. The highest BCUT2D eigenvalue weighted by molar-refractivity contribution is 8.04. The maximum atomic E-state index is 13.3. The van der Waals surface area contributed by atoms with Crippen LogP contribution in [0.25, 0.3) is 0 Å². The first-order valence-corrected chi connectivity index (χ1v) is 13.7. The number of carbonyl (C=O) groups excluding carboxylic acids is 1. The maximum Gasteiger partial charge on any atom is 0.349 e. The molecule has 5 nitrogen and oxygen atoms in total. The number of phenolic OH excluding ortho intramolecular Hbond substituents is 1. The van der Waals surface area contributed by atoms with E-state index in [2.05, 4.69) is 27.7 Å². The Balaban J connectivity index is 1.90. The van der Waals surface area contributed by atoms with Gasteiger partial charge >= 0.3 is 5.97 Å². The van der Waals surface area contributed by atoms with Gasteiger partial charge in [-0.05, 0) is 78.5 Å². The van der Waals surface area contributed by atoms with Gasteiger partial charge in [0, 0.05) is 11.3 Å². The third-order valence-corrected chi connectivity index (χ3v) is 8.08. The summed E-state index contributed by atoms with van der Waals surface area (Å²) in [6.07, 6.45) is 5.30. The molecule has 0 saturated carbocycles. The highest BCUT2D eigenvalue weighted by atomic mass is 32.2. The number of ether oxygens (including phenoxy) is 1. The molecule has 1 aliphatic rings. The highest BCUT2D eigenvalue weighted by Crippen LogP contribution is 2.44. The molecule has 6 heteroatoms. The normalized spacial score (nSPS) is 18.4. The minimum atomic E-state index is -0.748. The fourth-order valence-electron chi connectivity index (χ4n) is 4.70. The maximum absolute atomic E-state index is 13.3. The number of aromatic hydroxyl groups is 1. The van der Waals surface area contributed by atoms with Crippen LogP contribution in [0.5, 0.6) is 5.75 Å². The average Bonchev–Trinajstić information content (AvgIpc) is 2.81. The molecule has 0 spiro atoms. The molecule has 3 N–H and O–H groups in total. The molecule has 3 rings (SSSR count). The van der Waals surface area contributed by atoms with Crippen LogP contribution in [-0.4, -0.2) is 26.9 Å². The lowest BCUT2D eigenvalue weighted by Gasteiger charge is -2.37. The van der Waals surface area contributed by atoms with Crippen molar-refractivity contribution in [2.45, 2.75) is 102 Å². The van der Waals surface area contributed by atoms with Gasteiger partial charge in [-0.3, -0.25) is 0 Å². The second kappa shape index (κ2) is 11.7. The van der Waals surface area contributed by atoms with Crippen LogP contribution in [0.4, 0.5) is 0 Å². The molecule has 0 fully saturated rings. The molecule has 0 saturated heterocycles. The van der Waals surface area contributed by atoms with E-state index in [1.807, 2.05) is 31.2 Å². The van der Waals surface area contributed by atoms with E-state index >= 15 is 0 Å². The van der Waals surface area contributed by atoms with Crippen molar-refractivity contribution >= 4 is 17.7 Å². The average molecular weight is 513 g/mol. The van der Waals surface area contributed by atoms with Crippen LogP contribution < -0.4 is 0 Å². The van der Waals surface area contributed by atoms with Gasteiger partial charge in [0.2, 0.25) is 0 Å². The lowest BCUT2D eigenvalue weighted by Crippen LogP contribution is -2.40. The van der Waals surface area contributed by atoms with Crippen molar-refractivity contribution in [3.05, 3.63) is 69.3 Å². The number of aliphatic hydroxyl groups excluding tert-OH is 2. The van der Waals surface area contributed by atoms with Gasteiger partial charge in [0.25, 0.3) is 0 Å². The Bertz CT molecular complexity index is 1100. The van der Waals surface area contributed by atoms with Gasteiger partial charge in [0.15, 0.2) is 0 Å². The summed E-state index contributed by atoms with van der Waals surface area (Å²) in [4.78, 5) is 14.5. The molecule has 2 aromatic rings. The molecule has 0 aliphatic carbocycles. The van der Waals surface area contributed by atoms with Crippen molar-refractivity contribution in [1.29, 1.82) is 0 Å². The van der Waals surface area contributed by atoms with Gasteiger partial charge in [0.1, 0.15) is 22.0 Å². The standard InChI is InChI=1S/C30H40O5S/c1-6-7-8-14-30(15-13-21-9-11-23(32)12-10-21)18-25(33)27(28(34)35-30)36-26-16-20(2)22(19-31)17-24(26)29(3,4)5/h9-12,16-17,31-33H,6-8,13-15,18-19H2,1-5H3/t30-/m1/s1. The second-order valence-electron chi connectivity index (χ2n) is 10.9. The van der Waals surface area contributed by atoms with Crippen molar-refractivity contribution in [3.63, 3.8) is 0 Å². The Morgan fingerprint density at radius 1 is 1.06 bits per heavy atom. The number of esters is 1. The molecule has 0 radical (unpaired) electrons. The van der Waals surface area contributed by atoms with E-state index in [0.29, 0.717) is 25.7 Å². The Labute approximate surface area is 219 Å². The Kier molecular flexibility index (Phi) is 9.18. The molecule has 196 valence electrons. The van der Waals surface area contributed by atoms with Crippen molar-refractivity contribution in [2.75, 3.05) is 0 Å². The number of cyclic esters (lactones) is 1. The van der Waals surface area contributed by atoms with Crippen LogP contribution >= 0.6 is 11.8 Å². The summed E-state index contributed by atoms with van der Waals surface area (Å²) in [5, 5.41) is 30.5. The van der Waals surface area contributed by atoms with Crippen LogP contribution in [0.1, 0.15) is 88.5 Å². The van der Waals surface area contributed by atoms with Crippen LogP contribution in [-0.2, 0) is 28.0 Å². The third-order valence-electron chi connectivity index (χ3n) is 6.92. The number of carbonyl (C=O) groups is 1. The first-order chi connectivity index (χ1) is 17.0. The van der Waals surface area contributed by atoms with Gasteiger partial charge in [-0.2, -0.15) is 0 Å². The van der Waals surface area contributed by atoms with E-state index in [4.69, 9.17) is 4.74 Å².